The first-order chi connectivity index (χ1) is 28.6. The highest BCUT2D eigenvalue weighted by molar-refractivity contribution is 5.89. The summed E-state index contributed by atoms with van der Waals surface area (Å²) in [6.45, 7) is 2.33. The summed E-state index contributed by atoms with van der Waals surface area (Å²) in [6, 6.07) is -1.38. The number of hydrogen-bond acceptors (Lipinski definition) is 11. The molecule has 1 radical (unpaired) electrons. The molecule has 1 aliphatic heterocycles. The molecule has 0 spiro atoms. The highest BCUT2D eigenvalue weighted by Gasteiger charge is 2.31. The molecule has 0 aromatic carbocycles. The van der Waals surface area contributed by atoms with Crippen molar-refractivity contribution >= 4 is 41.9 Å². The number of unbranched alkanes of at least 4 members (excludes halogenated alkanes) is 15. The zero-order valence-electron chi connectivity index (χ0n) is 35.3. The normalized spacial score (nSPS) is 13.5. The Morgan fingerprint density at radius 3 is 1.54 bits per heavy atom. The fourth-order valence-corrected chi connectivity index (χ4v) is 6.62. The Morgan fingerprint density at radius 2 is 1.05 bits per heavy atom. The molecule has 1 atom stereocenters. The van der Waals surface area contributed by atoms with Crippen LogP contribution in [-0.2, 0) is 52.5 Å². The molecule has 1 fully saturated rings. The number of rotatable bonds is 40. The van der Waals surface area contributed by atoms with Crippen LogP contribution in [0.1, 0.15) is 135 Å². The number of ether oxygens (including phenoxy) is 4. The quantitative estimate of drug-likeness (QED) is 0.0555. The van der Waals surface area contributed by atoms with Crippen molar-refractivity contribution in [3.8, 4) is 0 Å². The molecule has 0 aliphatic carbocycles. The van der Waals surface area contributed by atoms with E-state index in [4.69, 9.17) is 24.1 Å². The number of likely N-dealkylation sites (tertiary alicyclic amines) is 1. The first kappa shape index (κ1) is 53.3. The van der Waals surface area contributed by atoms with Gasteiger partial charge in [0.1, 0.15) is 19.3 Å². The van der Waals surface area contributed by atoms with Crippen LogP contribution in [0.4, 0.5) is 0 Å². The third-order valence-corrected chi connectivity index (χ3v) is 10.0. The summed E-state index contributed by atoms with van der Waals surface area (Å²) in [7, 11) is 0. The predicted molar refractivity (Wildman–Crippen MR) is 219 cm³/mol. The zero-order chi connectivity index (χ0) is 43.2. The lowest BCUT2D eigenvalue weighted by Gasteiger charge is -2.32. The number of amides is 4. The molecule has 5 N–H and O–H groups in total. The molecule has 1 rings (SSSR count). The molecular formula is C42H73N4O13. The smallest absolute Gasteiger partial charge is 0.326 e. The Bertz CT molecular complexity index is 1170. The van der Waals surface area contributed by atoms with Gasteiger partial charge in [-0.15, -0.1) is 0 Å². The molecule has 0 aromatic heterocycles. The van der Waals surface area contributed by atoms with Crippen LogP contribution in [0.3, 0.4) is 0 Å². The second-order valence-corrected chi connectivity index (χ2v) is 15.0. The maximum absolute atomic E-state index is 12.9. The Balaban J connectivity index is 2.03. The molecule has 0 aromatic rings. The minimum atomic E-state index is -1.38. The number of hydrogen-bond donors (Lipinski definition) is 5. The summed E-state index contributed by atoms with van der Waals surface area (Å²) in [5.41, 5.74) is 0. The standard InChI is InChI=1S/C42H73N4O13/c47-25-28-58-30-29-56-27-22-44-38(49)34-59-32-31-57-26-21-43-37(48)33-36(42(54)55)45-41(53)35-19-23-46(24-20-35)39(50)17-15-13-11-9-7-5-3-1-2-4-6-8-10-12-14-16-18-40(51)52/h35-36H,1-24,26-34H2,(H,43,48)(H,44,49)(H,45,53)(H,51,52)(H,54,55)/t36-/m0/s1. The molecule has 4 amide bonds. The van der Waals surface area contributed by atoms with E-state index in [1.807, 2.05) is 0 Å². The van der Waals surface area contributed by atoms with Crippen molar-refractivity contribution in [2.75, 3.05) is 79.0 Å². The summed E-state index contributed by atoms with van der Waals surface area (Å²) in [4.78, 5) is 83.9. The number of nitrogens with zero attached hydrogens (tertiary/aromatic N) is 1. The number of piperidine rings is 1. The summed E-state index contributed by atoms with van der Waals surface area (Å²) in [6.07, 6.45) is 21.3. The molecule has 17 nitrogen and oxygen atoms in total. The minimum absolute atomic E-state index is 0.0929. The summed E-state index contributed by atoms with van der Waals surface area (Å²) >= 11 is 0. The fraction of sp³-hybridized carbons (Fsp3) is 0.833. The van der Waals surface area contributed by atoms with E-state index in [9.17, 15) is 38.7 Å². The maximum atomic E-state index is 12.9. The second kappa shape index (κ2) is 37.3. The first-order valence-electron chi connectivity index (χ1n) is 21.9. The molecular weight excluding hydrogens is 768 g/mol. The van der Waals surface area contributed by atoms with Crippen LogP contribution in [0.2, 0.25) is 0 Å². The van der Waals surface area contributed by atoms with Crippen molar-refractivity contribution in [2.45, 2.75) is 141 Å². The second-order valence-electron chi connectivity index (χ2n) is 15.0. The van der Waals surface area contributed by atoms with Gasteiger partial charge in [-0.1, -0.05) is 89.9 Å². The number of carbonyl (C=O) groups excluding carboxylic acids is 5. The molecule has 17 heteroatoms. The molecule has 1 heterocycles. The molecule has 1 saturated heterocycles. The average Bonchev–Trinajstić information content (AvgIpc) is 3.21. The van der Waals surface area contributed by atoms with Crippen molar-refractivity contribution in [3.63, 3.8) is 0 Å². The zero-order valence-corrected chi connectivity index (χ0v) is 35.3. The van der Waals surface area contributed by atoms with Crippen LogP contribution in [0.5, 0.6) is 0 Å². The van der Waals surface area contributed by atoms with Crippen LogP contribution in [0.15, 0.2) is 0 Å². The van der Waals surface area contributed by atoms with Crippen molar-refractivity contribution in [3.05, 3.63) is 0 Å². The van der Waals surface area contributed by atoms with E-state index in [2.05, 4.69) is 16.0 Å². The number of aliphatic carboxylic acids is 2. The van der Waals surface area contributed by atoms with Crippen molar-refractivity contribution in [1.82, 2.24) is 20.9 Å². The van der Waals surface area contributed by atoms with Crippen molar-refractivity contribution in [2.24, 2.45) is 5.92 Å². The largest absolute Gasteiger partial charge is 0.481 e. The van der Waals surface area contributed by atoms with Crippen LogP contribution in [-0.4, -0.2) is 142 Å². The highest BCUT2D eigenvalue weighted by Crippen LogP contribution is 2.20. The van der Waals surface area contributed by atoms with Gasteiger partial charge in [-0.25, -0.2) is 4.79 Å². The van der Waals surface area contributed by atoms with E-state index >= 15 is 0 Å². The van der Waals surface area contributed by atoms with E-state index in [0.29, 0.717) is 45.5 Å². The van der Waals surface area contributed by atoms with E-state index in [-0.39, 0.29) is 71.0 Å². The van der Waals surface area contributed by atoms with Gasteiger partial charge in [-0.2, -0.15) is 0 Å². The minimum Gasteiger partial charge on any atom is -0.481 e. The van der Waals surface area contributed by atoms with Gasteiger partial charge in [-0.05, 0) is 25.7 Å². The Morgan fingerprint density at radius 1 is 0.593 bits per heavy atom. The van der Waals surface area contributed by atoms with Gasteiger partial charge in [-0.3, -0.25) is 28.8 Å². The summed E-state index contributed by atoms with van der Waals surface area (Å²) < 4.78 is 20.7. The van der Waals surface area contributed by atoms with Gasteiger partial charge >= 0.3 is 11.9 Å². The van der Waals surface area contributed by atoms with E-state index in [1.54, 1.807) is 11.2 Å². The fourth-order valence-electron chi connectivity index (χ4n) is 6.62. The number of carbonyl (C=O) groups is 6. The van der Waals surface area contributed by atoms with Crippen LogP contribution in [0, 0.1) is 5.92 Å². The lowest BCUT2D eigenvalue weighted by molar-refractivity contribution is -0.144. The SMILES string of the molecule is O=[C]COCCOCCNC(=O)COCCOCCNC(=O)C[C@H](NC(=O)C1CCN(C(=O)CCCCCCCCCCCCCCCCCCC(=O)O)CC1)C(=O)O. The Kier molecular flexibility index (Phi) is 33.8. The summed E-state index contributed by atoms with van der Waals surface area (Å²) in [5, 5.41) is 26.0. The van der Waals surface area contributed by atoms with E-state index in [1.165, 1.54) is 64.2 Å². The Hall–Kier alpha value is -3.67. The van der Waals surface area contributed by atoms with Gasteiger partial charge in [0.25, 0.3) is 0 Å². The third kappa shape index (κ3) is 31.9. The molecule has 339 valence electrons. The molecule has 0 unspecified atom stereocenters. The monoisotopic (exact) mass is 842 g/mol. The van der Waals surface area contributed by atoms with Crippen molar-refractivity contribution in [1.29, 1.82) is 0 Å². The van der Waals surface area contributed by atoms with E-state index < -0.39 is 42.1 Å². The first-order valence-corrected chi connectivity index (χ1v) is 21.9. The third-order valence-electron chi connectivity index (χ3n) is 10.0. The van der Waals surface area contributed by atoms with Gasteiger partial charge in [0.2, 0.25) is 29.9 Å². The molecule has 1 aliphatic rings. The van der Waals surface area contributed by atoms with Crippen LogP contribution >= 0.6 is 0 Å². The average molecular weight is 842 g/mol. The topological polar surface area (TPSA) is 236 Å². The van der Waals surface area contributed by atoms with Crippen LogP contribution < -0.4 is 16.0 Å². The van der Waals surface area contributed by atoms with Gasteiger partial charge < -0.3 is 50.0 Å². The molecule has 0 bridgehead atoms. The highest BCUT2D eigenvalue weighted by atomic mass is 16.5. The van der Waals surface area contributed by atoms with Gasteiger partial charge in [0, 0.05) is 44.9 Å². The summed E-state index contributed by atoms with van der Waals surface area (Å²) in [5.74, 6) is -3.66. The predicted octanol–water partition coefficient (Wildman–Crippen LogP) is 3.70. The van der Waals surface area contributed by atoms with E-state index in [0.717, 1.165) is 38.5 Å². The maximum Gasteiger partial charge on any atom is 0.326 e. The Labute approximate surface area is 350 Å². The number of nitrogens with one attached hydrogen (secondary N) is 3. The lowest BCUT2D eigenvalue weighted by atomic mass is 9.95. The van der Waals surface area contributed by atoms with Gasteiger partial charge in [0.15, 0.2) is 0 Å². The van der Waals surface area contributed by atoms with Crippen LogP contribution in [0.25, 0.3) is 0 Å². The van der Waals surface area contributed by atoms with Gasteiger partial charge in [0.05, 0.1) is 46.1 Å². The number of carboxylic acids is 2. The lowest BCUT2D eigenvalue weighted by Crippen LogP contribution is -2.49. The molecule has 59 heavy (non-hydrogen) atoms. The number of carboxylic acid groups (broad SMARTS) is 2. The molecule has 0 saturated carbocycles. The van der Waals surface area contributed by atoms with Crippen molar-refractivity contribution < 1.29 is 62.7 Å².